The summed E-state index contributed by atoms with van der Waals surface area (Å²) in [5.74, 6) is -1.14. The Morgan fingerprint density at radius 2 is 1.96 bits per heavy atom. The van der Waals surface area contributed by atoms with Crippen LogP contribution in [0.2, 0.25) is 0 Å². The number of thiazole rings is 1. The monoisotopic (exact) mass is 329 g/mol. The summed E-state index contributed by atoms with van der Waals surface area (Å²) < 4.78 is 1.11. The SMILES string of the molecule is Cn1nc(C(=O)Nc2ncc(C(N)=O)s2)c2ccccc2c1=O. The van der Waals surface area contributed by atoms with Crippen molar-refractivity contribution >= 4 is 39.1 Å². The molecule has 3 aromatic rings. The molecule has 2 amide bonds. The molecule has 2 heterocycles. The van der Waals surface area contributed by atoms with Crippen LogP contribution in [0.5, 0.6) is 0 Å². The molecule has 9 heteroatoms. The van der Waals surface area contributed by atoms with Crippen molar-refractivity contribution in [2.24, 2.45) is 12.8 Å². The van der Waals surface area contributed by atoms with Crippen LogP contribution in [0.1, 0.15) is 20.2 Å². The van der Waals surface area contributed by atoms with E-state index in [2.05, 4.69) is 15.4 Å². The molecule has 0 saturated heterocycles. The first-order valence-electron chi connectivity index (χ1n) is 6.50. The maximum absolute atomic E-state index is 12.4. The second-order valence-corrected chi connectivity index (χ2v) is 5.70. The van der Waals surface area contributed by atoms with Crippen molar-refractivity contribution in [3.63, 3.8) is 0 Å². The van der Waals surface area contributed by atoms with Crippen molar-refractivity contribution in [2.75, 3.05) is 5.32 Å². The third kappa shape index (κ3) is 2.69. The molecule has 0 atom stereocenters. The van der Waals surface area contributed by atoms with E-state index in [1.54, 1.807) is 24.3 Å². The van der Waals surface area contributed by atoms with Crippen LogP contribution >= 0.6 is 11.3 Å². The molecule has 0 fully saturated rings. The molecule has 0 radical (unpaired) electrons. The Morgan fingerprint density at radius 1 is 1.26 bits per heavy atom. The number of hydrogen-bond acceptors (Lipinski definition) is 6. The Balaban J connectivity index is 2.02. The number of rotatable bonds is 3. The molecule has 3 N–H and O–H groups in total. The average molecular weight is 329 g/mol. The van der Waals surface area contributed by atoms with Crippen molar-refractivity contribution in [3.8, 4) is 0 Å². The van der Waals surface area contributed by atoms with Crippen molar-refractivity contribution in [1.29, 1.82) is 0 Å². The summed E-state index contributed by atoms with van der Waals surface area (Å²) >= 11 is 0.963. The van der Waals surface area contributed by atoms with Crippen LogP contribution in [0, 0.1) is 0 Å². The Hall–Kier alpha value is -3.07. The maximum Gasteiger partial charge on any atom is 0.278 e. The summed E-state index contributed by atoms with van der Waals surface area (Å²) in [6.07, 6.45) is 1.29. The number of aromatic nitrogens is 3. The number of hydrogen-bond donors (Lipinski definition) is 2. The van der Waals surface area contributed by atoms with Crippen LogP contribution in [0.25, 0.3) is 10.8 Å². The summed E-state index contributed by atoms with van der Waals surface area (Å²) in [5.41, 5.74) is 4.95. The molecule has 0 spiro atoms. The van der Waals surface area contributed by atoms with Crippen molar-refractivity contribution in [3.05, 3.63) is 51.4 Å². The minimum atomic E-state index is -0.617. The van der Waals surface area contributed by atoms with Gasteiger partial charge in [-0.25, -0.2) is 9.67 Å². The van der Waals surface area contributed by atoms with Crippen LogP contribution in [-0.4, -0.2) is 26.6 Å². The summed E-state index contributed by atoms with van der Waals surface area (Å²) in [4.78, 5) is 39.7. The first kappa shape index (κ1) is 14.9. The lowest BCUT2D eigenvalue weighted by atomic mass is 10.1. The molecular formula is C14H11N5O3S. The molecule has 8 nitrogen and oxygen atoms in total. The van der Waals surface area contributed by atoms with Gasteiger partial charge in [-0.2, -0.15) is 5.10 Å². The van der Waals surface area contributed by atoms with E-state index in [1.807, 2.05) is 0 Å². The van der Waals surface area contributed by atoms with Crippen molar-refractivity contribution in [2.45, 2.75) is 0 Å². The molecule has 0 aliphatic heterocycles. The van der Waals surface area contributed by atoms with Crippen molar-refractivity contribution < 1.29 is 9.59 Å². The van der Waals surface area contributed by atoms with Gasteiger partial charge in [-0.1, -0.05) is 29.5 Å². The van der Waals surface area contributed by atoms with E-state index in [1.165, 1.54) is 13.2 Å². The quantitative estimate of drug-likeness (QED) is 0.734. The van der Waals surface area contributed by atoms with E-state index >= 15 is 0 Å². The standard InChI is InChI=1S/C14H11N5O3S/c1-19-13(22)8-5-3-2-4-7(8)10(18-19)12(21)17-14-16-6-9(23-14)11(15)20/h2-6H,1H3,(H2,15,20)(H,16,17,21). The van der Waals surface area contributed by atoms with E-state index in [0.29, 0.717) is 10.8 Å². The highest BCUT2D eigenvalue weighted by atomic mass is 32.1. The van der Waals surface area contributed by atoms with Gasteiger partial charge in [-0.15, -0.1) is 0 Å². The molecule has 0 saturated carbocycles. The highest BCUT2D eigenvalue weighted by Crippen LogP contribution is 2.19. The van der Waals surface area contributed by atoms with Crippen LogP contribution in [-0.2, 0) is 7.05 Å². The molecule has 1 aromatic carbocycles. The van der Waals surface area contributed by atoms with Crippen LogP contribution in [0.4, 0.5) is 5.13 Å². The zero-order chi connectivity index (χ0) is 16.6. The van der Waals surface area contributed by atoms with Gasteiger partial charge in [0.05, 0.1) is 11.6 Å². The molecule has 0 aliphatic carbocycles. The van der Waals surface area contributed by atoms with Gasteiger partial charge < -0.3 is 5.73 Å². The summed E-state index contributed by atoms with van der Waals surface area (Å²) in [7, 11) is 1.47. The minimum Gasteiger partial charge on any atom is -0.365 e. The number of nitrogens with one attached hydrogen (secondary N) is 1. The van der Waals surface area contributed by atoms with E-state index < -0.39 is 11.8 Å². The Morgan fingerprint density at radius 3 is 2.61 bits per heavy atom. The third-order valence-corrected chi connectivity index (χ3v) is 4.07. The highest BCUT2D eigenvalue weighted by Gasteiger charge is 2.17. The van der Waals surface area contributed by atoms with E-state index in [0.717, 1.165) is 16.0 Å². The minimum absolute atomic E-state index is 0.0959. The number of benzene rings is 1. The molecule has 0 aliphatic rings. The number of nitrogens with zero attached hydrogens (tertiary/aromatic N) is 3. The van der Waals surface area contributed by atoms with Gasteiger partial charge in [-0.3, -0.25) is 19.7 Å². The Labute approximate surface area is 133 Å². The predicted octanol–water partition coefficient (Wildman–Crippen LogP) is 0.741. The zero-order valence-corrected chi connectivity index (χ0v) is 12.8. The smallest absolute Gasteiger partial charge is 0.278 e. The number of amides is 2. The van der Waals surface area contributed by atoms with E-state index in [4.69, 9.17) is 5.73 Å². The molecule has 0 unspecified atom stereocenters. The van der Waals surface area contributed by atoms with Gasteiger partial charge in [0.2, 0.25) is 0 Å². The molecule has 3 rings (SSSR count). The number of carbonyl (C=O) groups is 2. The number of carbonyl (C=O) groups excluding carboxylic acids is 2. The van der Waals surface area contributed by atoms with Gasteiger partial charge >= 0.3 is 0 Å². The third-order valence-electron chi connectivity index (χ3n) is 3.14. The summed E-state index contributed by atoms with van der Waals surface area (Å²) in [5, 5.41) is 7.64. The van der Waals surface area contributed by atoms with Crippen LogP contribution in [0.15, 0.2) is 35.3 Å². The first-order chi connectivity index (χ1) is 11.0. The van der Waals surface area contributed by atoms with Crippen molar-refractivity contribution in [1.82, 2.24) is 14.8 Å². The van der Waals surface area contributed by atoms with E-state index in [9.17, 15) is 14.4 Å². The number of nitrogens with two attached hydrogens (primary N) is 1. The number of primary amides is 1. The van der Waals surface area contributed by atoms with Crippen LogP contribution < -0.4 is 16.6 Å². The second kappa shape index (κ2) is 5.61. The lowest BCUT2D eigenvalue weighted by Gasteiger charge is -2.07. The molecular weight excluding hydrogens is 318 g/mol. The fourth-order valence-corrected chi connectivity index (χ4v) is 2.73. The van der Waals surface area contributed by atoms with Gasteiger partial charge in [0.1, 0.15) is 4.88 Å². The molecule has 116 valence electrons. The lowest BCUT2D eigenvalue weighted by molar-refractivity contribution is 0.1000. The van der Waals surface area contributed by atoms with Gasteiger partial charge in [-0.05, 0) is 6.07 Å². The largest absolute Gasteiger partial charge is 0.365 e. The fraction of sp³-hybridized carbons (Fsp3) is 0.0714. The van der Waals surface area contributed by atoms with Gasteiger partial charge in [0, 0.05) is 12.4 Å². The Bertz CT molecular complexity index is 991. The van der Waals surface area contributed by atoms with E-state index in [-0.39, 0.29) is 21.3 Å². The molecule has 23 heavy (non-hydrogen) atoms. The topological polar surface area (TPSA) is 120 Å². The number of fused-ring (bicyclic) bond motifs is 1. The second-order valence-electron chi connectivity index (χ2n) is 4.67. The van der Waals surface area contributed by atoms with Gasteiger partial charge in [0.15, 0.2) is 10.8 Å². The lowest BCUT2D eigenvalue weighted by Crippen LogP contribution is -2.25. The van der Waals surface area contributed by atoms with Gasteiger partial charge in [0.25, 0.3) is 17.4 Å². The Kier molecular flexibility index (Phi) is 3.62. The molecule has 2 aromatic heterocycles. The predicted molar refractivity (Wildman–Crippen MR) is 85.6 cm³/mol. The number of anilines is 1. The normalized spacial score (nSPS) is 10.7. The van der Waals surface area contributed by atoms with Crippen LogP contribution in [0.3, 0.4) is 0 Å². The average Bonchev–Trinajstić information content (AvgIpc) is 2.99. The zero-order valence-electron chi connectivity index (χ0n) is 11.9. The summed E-state index contributed by atoms with van der Waals surface area (Å²) in [6, 6.07) is 6.71. The first-order valence-corrected chi connectivity index (χ1v) is 7.32. The summed E-state index contributed by atoms with van der Waals surface area (Å²) in [6.45, 7) is 0. The highest BCUT2D eigenvalue weighted by molar-refractivity contribution is 7.17. The molecule has 0 bridgehead atoms. The number of aryl methyl sites for hydroxylation is 1. The fourth-order valence-electron chi connectivity index (χ4n) is 2.07. The maximum atomic E-state index is 12.4.